The summed E-state index contributed by atoms with van der Waals surface area (Å²) < 4.78 is 0. The van der Waals surface area contributed by atoms with Crippen LogP contribution < -0.4 is 16.4 Å². The van der Waals surface area contributed by atoms with Crippen LogP contribution >= 0.6 is 0 Å². The molecule has 0 saturated heterocycles. The average molecular weight is 249 g/mol. The lowest BCUT2D eigenvalue weighted by atomic mass is 9.87. The minimum absolute atomic E-state index is 0.295. The Morgan fingerprint density at radius 1 is 1.44 bits per heavy atom. The van der Waals surface area contributed by atoms with Crippen LogP contribution in [-0.4, -0.2) is 24.2 Å². The number of phenols is 1. The Kier molecular flexibility index (Phi) is 4.04. The summed E-state index contributed by atoms with van der Waals surface area (Å²) in [5, 5.41) is 15.4. The van der Waals surface area contributed by atoms with E-state index < -0.39 is 6.03 Å². The van der Waals surface area contributed by atoms with E-state index in [0.717, 1.165) is 19.3 Å². The normalized spacial score (nSPS) is 18.1. The second kappa shape index (κ2) is 5.73. The highest BCUT2D eigenvalue weighted by Gasteiger charge is 2.19. The third kappa shape index (κ3) is 3.13. The van der Waals surface area contributed by atoms with Crippen LogP contribution in [0.5, 0.6) is 5.75 Å². The molecule has 0 aromatic heterocycles. The molecule has 2 rings (SSSR count). The van der Waals surface area contributed by atoms with Gasteiger partial charge in [-0.15, -0.1) is 0 Å². The molecule has 18 heavy (non-hydrogen) atoms. The van der Waals surface area contributed by atoms with Crippen molar-refractivity contribution >= 4 is 6.03 Å². The van der Waals surface area contributed by atoms with Crippen molar-refractivity contribution in [2.24, 2.45) is 5.73 Å². The highest BCUT2D eigenvalue weighted by Crippen LogP contribution is 2.31. The Balaban J connectivity index is 1.93. The molecule has 0 saturated carbocycles. The molecular formula is C13H19N3O2. The van der Waals surface area contributed by atoms with Gasteiger partial charge in [0.2, 0.25) is 0 Å². The largest absolute Gasteiger partial charge is 0.508 e. The molecule has 0 bridgehead atoms. The summed E-state index contributed by atoms with van der Waals surface area (Å²) in [6.45, 7) is 1.22. The molecule has 1 aromatic carbocycles. The lowest BCUT2D eigenvalue weighted by molar-refractivity contribution is 0.248. The van der Waals surface area contributed by atoms with Gasteiger partial charge in [0.25, 0.3) is 0 Å². The number of hydrogen-bond acceptors (Lipinski definition) is 3. The van der Waals surface area contributed by atoms with Crippen LogP contribution in [0.15, 0.2) is 18.2 Å². The monoisotopic (exact) mass is 249 g/mol. The van der Waals surface area contributed by atoms with Crippen LogP contribution in [0.2, 0.25) is 0 Å². The zero-order valence-electron chi connectivity index (χ0n) is 10.3. The lowest BCUT2D eigenvalue weighted by Gasteiger charge is -2.26. The number of urea groups is 1. The molecular weight excluding hydrogens is 230 g/mol. The van der Waals surface area contributed by atoms with Crippen molar-refractivity contribution in [1.82, 2.24) is 10.6 Å². The van der Waals surface area contributed by atoms with Crippen LogP contribution in [0.4, 0.5) is 4.79 Å². The van der Waals surface area contributed by atoms with Crippen molar-refractivity contribution < 1.29 is 9.90 Å². The van der Waals surface area contributed by atoms with Crippen molar-refractivity contribution in [2.45, 2.75) is 25.3 Å². The van der Waals surface area contributed by atoms with Crippen molar-refractivity contribution in [3.63, 3.8) is 0 Å². The predicted octanol–water partition coefficient (Wildman–Crippen LogP) is 1.03. The maximum atomic E-state index is 10.5. The first kappa shape index (κ1) is 12.7. The first-order valence-electron chi connectivity index (χ1n) is 6.25. The number of amides is 2. The zero-order valence-corrected chi connectivity index (χ0v) is 10.3. The van der Waals surface area contributed by atoms with Crippen LogP contribution in [0.3, 0.4) is 0 Å². The maximum absolute atomic E-state index is 10.5. The number of nitrogens with one attached hydrogen (secondary N) is 2. The molecule has 0 fully saturated rings. The molecule has 0 aliphatic heterocycles. The van der Waals surface area contributed by atoms with E-state index in [0.29, 0.717) is 24.9 Å². The number of fused-ring (bicyclic) bond motifs is 1. The van der Waals surface area contributed by atoms with E-state index in [1.54, 1.807) is 6.07 Å². The molecule has 0 heterocycles. The average Bonchev–Trinajstić information content (AvgIpc) is 2.34. The van der Waals surface area contributed by atoms with E-state index in [2.05, 4.69) is 10.6 Å². The van der Waals surface area contributed by atoms with Gasteiger partial charge in [-0.1, -0.05) is 6.07 Å². The maximum Gasteiger partial charge on any atom is 0.312 e. The molecule has 0 spiro atoms. The summed E-state index contributed by atoms with van der Waals surface area (Å²) in [5.41, 5.74) is 7.46. The fraction of sp³-hybridized carbons (Fsp3) is 0.462. The van der Waals surface area contributed by atoms with Gasteiger partial charge in [-0.3, -0.25) is 0 Å². The summed E-state index contributed by atoms with van der Waals surface area (Å²) >= 11 is 0. The first-order chi connectivity index (χ1) is 8.66. The highest BCUT2D eigenvalue weighted by atomic mass is 16.3. The third-order valence-electron chi connectivity index (χ3n) is 3.26. The zero-order chi connectivity index (χ0) is 13.0. The standard InChI is InChI=1S/C13H19N3O2/c14-13(18)16-7-6-15-12-3-1-2-9-8-10(17)4-5-11(9)12/h4-5,8,12,15,17H,1-3,6-7H2,(H3,14,16,18). The number of primary amides is 1. The van der Waals surface area contributed by atoms with Gasteiger partial charge in [0.05, 0.1) is 0 Å². The van der Waals surface area contributed by atoms with Crippen molar-refractivity contribution in [1.29, 1.82) is 0 Å². The number of benzene rings is 1. The van der Waals surface area contributed by atoms with Gasteiger partial charge in [-0.05, 0) is 42.5 Å². The molecule has 1 aliphatic carbocycles. The SMILES string of the molecule is NC(=O)NCCNC1CCCc2cc(O)ccc21. The number of hydrogen-bond donors (Lipinski definition) is 4. The Morgan fingerprint density at radius 2 is 2.28 bits per heavy atom. The van der Waals surface area contributed by atoms with E-state index >= 15 is 0 Å². The van der Waals surface area contributed by atoms with Gasteiger partial charge in [-0.25, -0.2) is 4.79 Å². The summed E-state index contributed by atoms with van der Waals surface area (Å²) in [7, 11) is 0. The van der Waals surface area contributed by atoms with E-state index in [1.807, 2.05) is 12.1 Å². The number of nitrogens with two attached hydrogens (primary N) is 1. The number of aryl methyl sites for hydroxylation is 1. The number of rotatable bonds is 4. The highest BCUT2D eigenvalue weighted by molar-refractivity contribution is 5.71. The van der Waals surface area contributed by atoms with Crippen LogP contribution in [0.25, 0.3) is 0 Å². The van der Waals surface area contributed by atoms with E-state index in [1.165, 1.54) is 11.1 Å². The molecule has 2 amide bonds. The molecule has 5 N–H and O–H groups in total. The van der Waals surface area contributed by atoms with E-state index in [-0.39, 0.29) is 0 Å². The Hall–Kier alpha value is -1.75. The Morgan fingerprint density at radius 3 is 3.06 bits per heavy atom. The Bertz CT molecular complexity index is 434. The minimum Gasteiger partial charge on any atom is -0.508 e. The van der Waals surface area contributed by atoms with E-state index in [9.17, 15) is 9.90 Å². The lowest BCUT2D eigenvalue weighted by Crippen LogP contribution is -2.37. The van der Waals surface area contributed by atoms with Crippen LogP contribution in [0, 0.1) is 0 Å². The Labute approximate surface area is 106 Å². The third-order valence-corrected chi connectivity index (χ3v) is 3.26. The fourth-order valence-electron chi connectivity index (χ4n) is 2.44. The van der Waals surface area contributed by atoms with E-state index in [4.69, 9.17) is 5.73 Å². The van der Waals surface area contributed by atoms with Gasteiger partial charge >= 0.3 is 6.03 Å². The summed E-state index contributed by atoms with van der Waals surface area (Å²) in [6, 6.07) is 5.34. The van der Waals surface area contributed by atoms with Gasteiger partial charge < -0.3 is 21.5 Å². The molecule has 1 atom stereocenters. The molecule has 0 radical (unpaired) electrons. The minimum atomic E-state index is -0.495. The second-order valence-electron chi connectivity index (χ2n) is 4.57. The molecule has 5 nitrogen and oxygen atoms in total. The number of carbonyl (C=O) groups excluding carboxylic acids is 1. The summed E-state index contributed by atoms with van der Waals surface area (Å²) in [5.74, 6) is 0.324. The van der Waals surface area contributed by atoms with Gasteiger partial charge in [0.1, 0.15) is 5.75 Å². The first-order valence-corrected chi connectivity index (χ1v) is 6.25. The second-order valence-corrected chi connectivity index (χ2v) is 4.57. The predicted molar refractivity (Wildman–Crippen MR) is 69.4 cm³/mol. The van der Waals surface area contributed by atoms with Crippen molar-refractivity contribution in [3.05, 3.63) is 29.3 Å². The quantitative estimate of drug-likeness (QED) is 0.601. The fourth-order valence-corrected chi connectivity index (χ4v) is 2.44. The summed E-state index contributed by atoms with van der Waals surface area (Å²) in [6.07, 6.45) is 3.20. The van der Waals surface area contributed by atoms with Crippen molar-refractivity contribution in [2.75, 3.05) is 13.1 Å². The molecule has 5 heteroatoms. The van der Waals surface area contributed by atoms with Gasteiger partial charge in [0, 0.05) is 19.1 Å². The molecule has 98 valence electrons. The van der Waals surface area contributed by atoms with Gasteiger partial charge in [-0.2, -0.15) is 0 Å². The molecule has 1 unspecified atom stereocenters. The van der Waals surface area contributed by atoms with Crippen LogP contribution in [-0.2, 0) is 6.42 Å². The van der Waals surface area contributed by atoms with Crippen molar-refractivity contribution in [3.8, 4) is 5.75 Å². The molecule has 1 aromatic rings. The molecule has 1 aliphatic rings. The van der Waals surface area contributed by atoms with Gasteiger partial charge in [0.15, 0.2) is 0 Å². The number of carbonyl (C=O) groups is 1. The topological polar surface area (TPSA) is 87.4 Å². The smallest absolute Gasteiger partial charge is 0.312 e. The number of aromatic hydroxyl groups is 1. The summed E-state index contributed by atoms with van der Waals surface area (Å²) in [4.78, 5) is 10.5. The number of phenolic OH excluding ortho intramolecular Hbond substituents is 1. The van der Waals surface area contributed by atoms with Crippen LogP contribution in [0.1, 0.15) is 30.0 Å².